The minimum atomic E-state index is -0.637. The molecule has 4 rings (SSSR count). The summed E-state index contributed by atoms with van der Waals surface area (Å²) in [5.74, 6) is -0.575. The minimum Gasteiger partial charge on any atom is -0.400 e. The smallest absolute Gasteiger partial charge is 0.400 e. The molecule has 0 aliphatic rings. The van der Waals surface area contributed by atoms with Crippen LogP contribution in [0, 0.1) is 15.9 Å². The Kier molecular flexibility index (Phi) is 5.99. The molecule has 2 heterocycles. The van der Waals surface area contributed by atoms with E-state index in [1.54, 1.807) is 35.7 Å². The normalized spacial score (nSPS) is 12.0. The van der Waals surface area contributed by atoms with Crippen LogP contribution in [0.3, 0.4) is 0 Å². The topological polar surface area (TPSA) is 85.9 Å². The summed E-state index contributed by atoms with van der Waals surface area (Å²) < 4.78 is 20.0. The average molecular weight is 477 g/mol. The van der Waals surface area contributed by atoms with Gasteiger partial charge in [0.1, 0.15) is 10.7 Å². The molecule has 0 unspecified atom stereocenters. The SMILES string of the molecule is O=[N+]([O-])c1ccc(C=Nn2c(-c3ccc(F)cc3)csc2=Nc2ccc(Cl)cc2Cl)o1. The van der Waals surface area contributed by atoms with Gasteiger partial charge in [-0.3, -0.25) is 10.1 Å². The van der Waals surface area contributed by atoms with E-state index in [9.17, 15) is 14.5 Å². The van der Waals surface area contributed by atoms with Crippen LogP contribution in [0.1, 0.15) is 5.76 Å². The molecule has 31 heavy (non-hydrogen) atoms. The van der Waals surface area contributed by atoms with Crippen LogP contribution in [0.5, 0.6) is 0 Å². The van der Waals surface area contributed by atoms with Crippen LogP contribution in [-0.4, -0.2) is 15.8 Å². The summed E-state index contributed by atoms with van der Waals surface area (Å²) in [4.78, 5) is 15.2. The number of benzene rings is 2. The number of nitrogens with zero attached hydrogens (tertiary/aromatic N) is 4. The standard InChI is InChI=1S/C20H11Cl2FN4O3S/c21-13-3-7-17(16(22)9-13)25-20-26(24-10-15-6-8-19(30-15)27(28)29)18(11-31-20)12-1-4-14(23)5-2-12/h1-11H. The van der Waals surface area contributed by atoms with E-state index < -0.39 is 10.8 Å². The number of furan rings is 1. The summed E-state index contributed by atoms with van der Waals surface area (Å²) in [6, 6.07) is 13.5. The van der Waals surface area contributed by atoms with E-state index in [1.807, 2.05) is 0 Å². The molecule has 0 bridgehead atoms. The maximum absolute atomic E-state index is 13.4. The molecule has 7 nitrogen and oxygen atoms in total. The summed E-state index contributed by atoms with van der Waals surface area (Å²) in [5, 5.41) is 17.8. The number of hydrogen-bond acceptors (Lipinski definition) is 6. The Bertz CT molecular complexity index is 1360. The van der Waals surface area contributed by atoms with Gasteiger partial charge in [-0.15, -0.1) is 11.3 Å². The van der Waals surface area contributed by atoms with Gasteiger partial charge in [0.2, 0.25) is 4.80 Å². The fourth-order valence-electron chi connectivity index (χ4n) is 2.61. The molecule has 0 aliphatic carbocycles. The van der Waals surface area contributed by atoms with Crippen molar-refractivity contribution in [2.75, 3.05) is 0 Å². The molecule has 0 atom stereocenters. The Morgan fingerprint density at radius 3 is 2.58 bits per heavy atom. The lowest BCUT2D eigenvalue weighted by Crippen LogP contribution is -2.11. The summed E-state index contributed by atoms with van der Waals surface area (Å²) in [5.41, 5.74) is 1.81. The molecule has 11 heteroatoms. The highest BCUT2D eigenvalue weighted by Crippen LogP contribution is 2.28. The molecule has 0 radical (unpaired) electrons. The molecule has 0 N–H and O–H groups in total. The van der Waals surface area contributed by atoms with Crippen LogP contribution in [0.25, 0.3) is 11.3 Å². The number of rotatable bonds is 5. The van der Waals surface area contributed by atoms with Crippen LogP contribution in [0.2, 0.25) is 10.0 Å². The van der Waals surface area contributed by atoms with E-state index in [2.05, 4.69) is 10.1 Å². The van der Waals surface area contributed by atoms with Crippen molar-refractivity contribution in [2.45, 2.75) is 0 Å². The van der Waals surface area contributed by atoms with E-state index in [1.165, 1.54) is 46.5 Å². The van der Waals surface area contributed by atoms with Crippen LogP contribution in [0.15, 0.2) is 74.5 Å². The second kappa shape index (κ2) is 8.84. The Balaban J connectivity index is 1.83. The fraction of sp³-hybridized carbons (Fsp3) is 0. The lowest BCUT2D eigenvalue weighted by Gasteiger charge is -2.04. The molecule has 2 aromatic heterocycles. The van der Waals surface area contributed by atoms with Gasteiger partial charge >= 0.3 is 5.88 Å². The monoisotopic (exact) mass is 476 g/mol. The van der Waals surface area contributed by atoms with E-state index in [0.717, 1.165) is 0 Å². The van der Waals surface area contributed by atoms with Gasteiger partial charge in [0.25, 0.3) is 0 Å². The number of nitro groups is 1. The third-order valence-corrected chi connectivity index (χ3v) is 5.40. The maximum atomic E-state index is 13.4. The minimum absolute atomic E-state index is 0.186. The van der Waals surface area contributed by atoms with Gasteiger partial charge in [0, 0.05) is 16.0 Å². The predicted molar refractivity (Wildman–Crippen MR) is 118 cm³/mol. The molecule has 0 amide bonds. The molecule has 0 spiro atoms. The van der Waals surface area contributed by atoms with E-state index in [0.29, 0.717) is 31.8 Å². The van der Waals surface area contributed by atoms with Gasteiger partial charge in [-0.1, -0.05) is 23.2 Å². The van der Waals surface area contributed by atoms with Gasteiger partial charge in [0.15, 0.2) is 5.76 Å². The molecular weight excluding hydrogens is 466 g/mol. The van der Waals surface area contributed by atoms with E-state index >= 15 is 0 Å². The summed E-state index contributed by atoms with van der Waals surface area (Å²) >= 11 is 13.5. The lowest BCUT2D eigenvalue weighted by molar-refractivity contribution is -0.402. The second-order valence-corrected chi connectivity index (χ2v) is 7.79. The zero-order valence-corrected chi connectivity index (χ0v) is 17.7. The zero-order chi connectivity index (χ0) is 22.0. The number of hydrogen-bond donors (Lipinski definition) is 0. The Hall–Kier alpha value is -3.27. The first kappa shape index (κ1) is 21.0. The average Bonchev–Trinajstić information content (AvgIpc) is 3.36. The van der Waals surface area contributed by atoms with Crippen LogP contribution in [0.4, 0.5) is 16.0 Å². The Labute approximate surface area is 188 Å². The summed E-state index contributed by atoms with van der Waals surface area (Å²) in [6.07, 6.45) is 1.33. The highest BCUT2D eigenvalue weighted by atomic mass is 35.5. The fourth-order valence-corrected chi connectivity index (χ4v) is 3.91. The highest BCUT2D eigenvalue weighted by Gasteiger charge is 2.12. The Morgan fingerprint density at radius 2 is 1.90 bits per heavy atom. The first-order valence-corrected chi connectivity index (χ1v) is 10.3. The third-order valence-electron chi connectivity index (χ3n) is 4.04. The van der Waals surface area contributed by atoms with Crippen LogP contribution < -0.4 is 4.80 Å². The van der Waals surface area contributed by atoms with E-state index in [4.69, 9.17) is 27.6 Å². The van der Waals surface area contributed by atoms with Gasteiger partial charge < -0.3 is 4.42 Å². The predicted octanol–water partition coefficient (Wildman–Crippen LogP) is 6.28. The second-order valence-electron chi connectivity index (χ2n) is 6.11. The van der Waals surface area contributed by atoms with Crippen molar-refractivity contribution < 1.29 is 13.7 Å². The van der Waals surface area contributed by atoms with Gasteiger partial charge in [-0.05, 0) is 48.5 Å². The molecule has 0 fully saturated rings. The van der Waals surface area contributed by atoms with Crippen LogP contribution in [-0.2, 0) is 0 Å². The molecular formula is C20H11Cl2FN4O3S. The largest absolute Gasteiger partial charge is 0.433 e. The van der Waals surface area contributed by atoms with Gasteiger partial charge in [-0.25, -0.2) is 14.1 Å². The van der Waals surface area contributed by atoms with Crippen molar-refractivity contribution >= 4 is 52.3 Å². The Morgan fingerprint density at radius 1 is 1.13 bits per heavy atom. The molecule has 4 aromatic rings. The third kappa shape index (κ3) is 4.74. The van der Waals surface area contributed by atoms with Crippen molar-refractivity contribution in [3.63, 3.8) is 0 Å². The molecule has 156 valence electrons. The number of aromatic nitrogens is 1. The van der Waals surface area contributed by atoms with Crippen molar-refractivity contribution in [3.8, 4) is 11.3 Å². The molecule has 0 aliphatic heterocycles. The molecule has 0 saturated carbocycles. The number of halogens is 3. The van der Waals surface area contributed by atoms with Crippen molar-refractivity contribution in [2.24, 2.45) is 10.1 Å². The highest BCUT2D eigenvalue weighted by molar-refractivity contribution is 7.07. The van der Waals surface area contributed by atoms with Crippen LogP contribution >= 0.6 is 34.5 Å². The van der Waals surface area contributed by atoms with E-state index in [-0.39, 0.29) is 11.6 Å². The van der Waals surface area contributed by atoms with Crippen molar-refractivity contribution in [3.05, 3.63) is 96.5 Å². The summed E-state index contributed by atoms with van der Waals surface area (Å²) in [6.45, 7) is 0. The van der Waals surface area contributed by atoms with Gasteiger partial charge in [0.05, 0.1) is 28.7 Å². The first-order chi connectivity index (χ1) is 14.9. The van der Waals surface area contributed by atoms with Crippen molar-refractivity contribution in [1.82, 2.24) is 4.68 Å². The zero-order valence-electron chi connectivity index (χ0n) is 15.4. The first-order valence-electron chi connectivity index (χ1n) is 8.65. The van der Waals surface area contributed by atoms with Crippen molar-refractivity contribution in [1.29, 1.82) is 0 Å². The quantitative estimate of drug-likeness (QED) is 0.193. The lowest BCUT2D eigenvalue weighted by atomic mass is 10.2. The molecule has 0 saturated heterocycles. The number of thiazole rings is 1. The van der Waals surface area contributed by atoms with Gasteiger partial charge in [-0.2, -0.15) is 5.10 Å². The molecule has 2 aromatic carbocycles. The summed E-state index contributed by atoms with van der Waals surface area (Å²) in [7, 11) is 0. The maximum Gasteiger partial charge on any atom is 0.433 e.